The van der Waals surface area contributed by atoms with E-state index in [1.165, 1.54) is 16.8 Å². The molecule has 2 heterocycles. The van der Waals surface area contributed by atoms with Gasteiger partial charge in [0.05, 0.1) is 16.4 Å². The number of hydrogen-bond acceptors (Lipinski definition) is 5. The zero-order valence-electron chi connectivity index (χ0n) is 13.9. The summed E-state index contributed by atoms with van der Waals surface area (Å²) in [5.74, 6) is 0.255. The first-order valence-corrected chi connectivity index (χ1v) is 8.20. The molecule has 0 saturated heterocycles. The Bertz CT molecular complexity index is 1100. The minimum Gasteiger partial charge on any atom is -0.332 e. The van der Waals surface area contributed by atoms with Crippen molar-refractivity contribution in [3.63, 3.8) is 0 Å². The lowest BCUT2D eigenvalue weighted by Gasteiger charge is -2.04. The van der Waals surface area contributed by atoms with Gasteiger partial charge in [0.1, 0.15) is 5.82 Å². The fraction of sp³-hybridized carbons (Fsp3) is 0.111. The van der Waals surface area contributed by atoms with E-state index >= 15 is 0 Å². The molecule has 4 rings (SSSR count). The molecule has 0 spiro atoms. The number of aryl methyl sites for hydroxylation is 1. The van der Waals surface area contributed by atoms with Crippen LogP contribution >= 0.6 is 11.6 Å². The Morgan fingerprint density at radius 3 is 2.69 bits per heavy atom. The molecule has 0 bridgehead atoms. The van der Waals surface area contributed by atoms with Crippen molar-refractivity contribution >= 4 is 11.6 Å². The molecule has 0 unspecified atom stereocenters. The van der Waals surface area contributed by atoms with E-state index in [1.54, 1.807) is 6.07 Å². The smallest absolute Gasteiger partial charge is 0.280 e. The molecule has 0 aliphatic rings. The number of aromatic nitrogens is 5. The zero-order valence-corrected chi connectivity index (χ0v) is 14.7. The van der Waals surface area contributed by atoms with Gasteiger partial charge in [-0.1, -0.05) is 46.2 Å². The van der Waals surface area contributed by atoms with Crippen molar-refractivity contribution in [2.24, 2.45) is 0 Å². The summed E-state index contributed by atoms with van der Waals surface area (Å²) in [6.45, 7) is 3.79. The molecule has 0 aliphatic heterocycles. The first-order valence-electron chi connectivity index (χ1n) is 7.82. The number of rotatable bonds is 3. The molecule has 0 aliphatic carbocycles. The molecule has 4 aromatic rings. The van der Waals surface area contributed by atoms with E-state index in [2.05, 4.69) is 20.5 Å². The topological polar surface area (TPSA) is 69.6 Å². The Labute approximate surface area is 153 Å². The second-order valence-corrected chi connectivity index (χ2v) is 6.18. The Morgan fingerprint density at radius 2 is 1.92 bits per heavy atom. The highest BCUT2D eigenvalue weighted by atomic mass is 35.5. The molecule has 0 saturated carbocycles. The van der Waals surface area contributed by atoms with Crippen LogP contribution in [-0.2, 0) is 0 Å². The number of nitrogens with zero attached hydrogens (tertiary/aromatic N) is 5. The van der Waals surface area contributed by atoms with Crippen molar-refractivity contribution in [1.82, 2.24) is 25.1 Å². The lowest BCUT2D eigenvalue weighted by molar-refractivity contribution is 0.430. The second-order valence-electron chi connectivity index (χ2n) is 5.77. The van der Waals surface area contributed by atoms with Crippen molar-refractivity contribution in [2.45, 2.75) is 13.8 Å². The van der Waals surface area contributed by atoms with E-state index in [1.807, 2.05) is 38.1 Å². The van der Waals surface area contributed by atoms with Gasteiger partial charge in [0.25, 0.3) is 5.89 Å². The van der Waals surface area contributed by atoms with Crippen LogP contribution in [0.4, 0.5) is 4.39 Å². The molecule has 0 amide bonds. The summed E-state index contributed by atoms with van der Waals surface area (Å²) in [6, 6.07) is 12.1. The van der Waals surface area contributed by atoms with Gasteiger partial charge in [-0.2, -0.15) is 4.98 Å². The highest BCUT2D eigenvalue weighted by Crippen LogP contribution is 2.26. The van der Waals surface area contributed by atoms with E-state index in [0.717, 1.165) is 11.1 Å². The molecule has 8 heteroatoms. The largest absolute Gasteiger partial charge is 0.332 e. The second kappa shape index (κ2) is 6.34. The Hall–Kier alpha value is -3.06. The van der Waals surface area contributed by atoms with E-state index in [4.69, 9.17) is 16.1 Å². The quantitative estimate of drug-likeness (QED) is 0.535. The molecule has 0 N–H and O–H groups in total. The van der Waals surface area contributed by atoms with Crippen molar-refractivity contribution in [3.05, 3.63) is 64.6 Å². The predicted octanol–water partition coefficient (Wildman–Crippen LogP) is 4.39. The average Bonchev–Trinajstić information content (AvgIpc) is 3.24. The van der Waals surface area contributed by atoms with Gasteiger partial charge in [-0.15, -0.1) is 5.10 Å². The average molecular weight is 370 g/mol. The fourth-order valence-corrected chi connectivity index (χ4v) is 2.82. The zero-order chi connectivity index (χ0) is 18.3. The molecule has 0 fully saturated rings. The molecule has 2 aromatic heterocycles. The Morgan fingerprint density at radius 1 is 1.12 bits per heavy atom. The summed E-state index contributed by atoms with van der Waals surface area (Å²) in [5.41, 5.74) is 3.65. The highest BCUT2D eigenvalue weighted by molar-refractivity contribution is 6.30. The molecule has 26 heavy (non-hydrogen) atoms. The van der Waals surface area contributed by atoms with Crippen molar-refractivity contribution in [3.8, 4) is 28.7 Å². The first-order chi connectivity index (χ1) is 12.5. The van der Waals surface area contributed by atoms with Crippen molar-refractivity contribution in [1.29, 1.82) is 0 Å². The number of benzene rings is 2. The van der Waals surface area contributed by atoms with Crippen LogP contribution in [0.1, 0.15) is 11.3 Å². The van der Waals surface area contributed by atoms with Gasteiger partial charge in [-0.05, 0) is 37.6 Å². The molecule has 0 radical (unpaired) electrons. The molecule has 0 atom stereocenters. The van der Waals surface area contributed by atoms with Crippen LogP contribution in [0.15, 0.2) is 47.0 Å². The van der Waals surface area contributed by atoms with Gasteiger partial charge in [0, 0.05) is 5.56 Å². The van der Waals surface area contributed by atoms with Gasteiger partial charge in [-0.3, -0.25) is 0 Å². The van der Waals surface area contributed by atoms with Crippen LogP contribution in [0.25, 0.3) is 28.7 Å². The van der Waals surface area contributed by atoms with Gasteiger partial charge in [0.15, 0.2) is 5.69 Å². The number of hydrogen-bond donors (Lipinski definition) is 0. The third kappa shape index (κ3) is 2.76. The van der Waals surface area contributed by atoms with Gasteiger partial charge >= 0.3 is 0 Å². The van der Waals surface area contributed by atoms with E-state index < -0.39 is 5.82 Å². The summed E-state index contributed by atoms with van der Waals surface area (Å²) in [4.78, 5) is 4.43. The van der Waals surface area contributed by atoms with Crippen molar-refractivity contribution in [2.75, 3.05) is 0 Å². The normalized spacial score (nSPS) is 11.1. The van der Waals surface area contributed by atoms with E-state index in [9.17, 15) is 4.39 Å². The van der Waals surface area contributed by atoms with Crippen LogP contribution in [0.3, 0.4) is 0 Å². The molecular weight excluding hydrogens is 357 g/mol. The minimum atomic E-state index is -0.492. The molecule has 6 nitrogen and oxygen atoms in total. The third-order valence-electron chi connectivity index (χ3n) is 4.06. The maximum absolute atomic E-state index is 13.4. The summed E-state index contributed by atoms with van der Waals surface area (Å²) in [7, 11) is 0. The van der Waals surface area contributed by atoms with Crippen LogP contribution in [0.5, 0.6) is 0 Å². The highest BCUT2D eigenvalue weighted by Gasteiger charge is 2.19. The van der Waals surface area contributed by atoms with Crippen LogP contribution in [-0.4, -0.2) is 25.1 Å². The maximum atomic E-state index is 13.4. The summed E-state index contributed by atoms with van der Waals surface area (Å²) < 4.78 is 20.3. The lowest BCUT2D eigenvalue weighted by atomic mass is 10.1. The Balaban J connectivity index is 1.73. The minimum absolute atomic E-state index is 0.0126. The summed E-state index contributed by atoms with van der Waals surface area (Å²) in [6.07, 6.45) is 0. The summed E-state index contributed by atoms with van der Waals surface area (Å²) in [5, 5.41) is 12.3. The van der Waals surface area contributed by atoms with Crippen LogP contribution < -0.4 is 0 Å². The summed E-state index contributed by atoms with van der Waals surface area (Å²) >= 11 is 5.85. The van der Waals surface area contributed by atoms with Gasteiger partial charge in [0.2, 0.25) is 5.82 Å². The van der Waals surface area contributed by atoms with Crippen molar-refractivity contribution < 1.29 is 8.91 Å². The van der Waals surface area contributed by atoms with Crippen LogP contribution in [0, 0.1) is 19.7 Å². The van der Waals surface area contributed by atoms with E-state index in [-0.39, 0.29) is 10.9 Å². The van der Waals surface area contributed by atoms with E-state index in [0.29, 0.717) is 22.9 Å². The maximum Gasteiger partial charge on any atom is 0.280 e. The molecule has 2 aromatic carbocycles. The lowest BCUT2D eigenvalue weighted by Crippen LogP contribution is -1.99. The monoisotopic (exact) mass is 369 g/mol. The number of halogens is 2. The van der Waals surface area contributed by atoms with Gasteiger partial charge in [-0.25, -0.2) is 9.07 Å². The molecular formula is C18H13ClFN5O. The van der Waals surface area contributed by atoms with Crippen LogP contribution in [0.2, 0.25) is 5.02 Å². The van der Waals surface area contributed by atoms with Gasteiger partial charge < -0.3 is 4.52 Å². The standard InChI is InChI=1S/C18H13ClFN5O/c1-10-5-3-4-6-13(10)17-21-18(26-23-17)16-11(2)25(24-22-16)12-7-8-15(20)14(19)9-12/h3-9H,1-2H3. The predicted molar refractivity (Wildman–Crippen MR) is 94.5 cm³/mol. The Kier molecular flexibility index (Phi) is 4.00. The fourth-order valence-electron chi connectivity index (χ4n) is 2.64. The third-order valence-corrected chi connectivity index (χ3v) is 4.35. The molecule has 130 valence electrons. The first kappa shape index (κ1) is 16.4. The SMILES string of the molecule is Cc1ccccc1-c1noc(-c2nnn(-c3ccc(F)c(Cl)c3)c2C)n1.